The van der Waals surface area contributed by atoms with Crippen molar-refractivity contribution >= 4 is 17.4 Å². The van der Waals surface area contributed by atoms with Crippen LogP contribution in [0.2, 0.25) is 0 Å². The summed E-state index contributed by atoms with van der Waals surface area (Å²) < 4.78 is 19.5. The molecule has 40 heavy (non-hydrogen) atoms. The monoisotopic (exact) mass is 545 g/mol. The summed E-state index contributed by atoms with van der Waals surface area (Å²) in [5, 5.41) is 11.5. The quantitative estimate of drug-likeness (QED) is 0.208. The van der Waals surface area contributed by atoms with E-state index >= 15 is 0 Å². The van der Waals surface area contributed by atoms with E-state index in [1.54, 1.807) is 41.7 Å². The number of hydrogen-bond donors (Lipinski definition) is 1. The van der Waals surface area contributed by atoms with Crippen LogP contribution in [0.4, 0.5) is 0 Å². The topological polar surface area (TPSA) is 103 Å². The third kappa shape index (κ3) is 5.41. The standard InChI is InChI=1S/C31H35N3O6/c1-4-15-39-25-10-7-21(18-26(25)38-5-2)28-27(29(35)22-8-9-24-23(17-22)16-20(3)40-24)30(36)31(37)34(28)13-6-12-33-14-11-32-19-33/h7-11,14,17-20,28,35H,4-6,12-13,15-16H2,1-3H3/b29-27-. The third-order valence-electron chi connectivity index (χ3n) is 7.13. The molecule has 3 heterocycles. The molecular formula is C31H35N3O6. The number of carbonyl (C=O) groups is 2. The maximum absolute atomic E-state index is 13.5. The number of likely N-dealkylation sites (tertiary alicyclic amines) is 1. The van der Waals surface area contributed by atoms with Gasteiger partial charge >= 0.3 is 0 Å². The van der Waals surface area contributed by atoms with Crippen molar-refractivity contribution in [2.45, 2.75) is 58.7 Å². The Hall–Kier alpha value is -4.27. The first-order valence-electron chi connectivity index (χ1n) is 13.8. The summed E-state index contributed by atoms with van der Waals surface area (Å²) in [5.41, 5.74) is 2.16. The Labute approximate surface area is 234 Å². The Morgan fingerprint density at radius 1 is 1.10 bits per heavy atom. The van der Waals surface area contributed by atoms with Crippen LogP contribution >= 0.6 is 0 Å². The number of fused-ring (bicyclic) bond motifs is 1. The molecule has 2 unspecified atom stereocenters. The van der Waals surface area contributed by atoms with Crippen molar-refractivity contribution in [2.24, 2.45) is 0 Å². The number of hydrogen-bond acceptors (Lipinski definition) is 7. The van der Waals surface area contributed by atoms with Gasteiger partial charge in [-0.1, -0.05) is 13.0 Å². The van der Waals surface area contributed by atoms with Gasteiger partial charge in [0.15, 0.2) is 11.5 Å². The van der Waals surface area contributed by atoms with Gasteiger partial charge in [0, 0.05) is 37.5 Å². The van der Waals surface area contributed by atoms with Gasteiger partial charge in [0.25, 0.3) is 11.7 Å². The molecule has 1 saturated heterocycles. The molecule has 9 heteroatoms. The second-order valence-corrected chi connectivity index (χ2v) is 10.1. The van der Waals surface area contributed by atoms with Gasteiger partial charge in [-0.05, 0) is 68.1 Å². The van der Waals surface area contributed by atoms with Crippen LogP contribution in [0.5, 0.6) is 17.2 Å². The van der Waals surface area contributed by atoms with Crippen molar-refractivity contribution in [3.63, 3.8) is 0 Å². The highest BCUT2D eigenvalue weighted by atomic mass is 16.5. The molecule has 9 nitrogen and oxygen atoms in total. The van der Waals surface area contributed by atoms with Gasteiger partial charge in [0.1, 0.15) is 17.6 Å². The van der Waals surface area contributed by atoms with Crippen molar-refractivity contribution in [1.82, 2.24) is 14.5 Å². The van der Waals surface area contributed by atoms with Crippen LogP contribution in [0.25, 0.3) is 5.76 Å². The molecular weight excluding hydrogens is 510 g/mol. The first-order chi connectivity index (χ1) is 19.4. The zero-order valence-electron chi connectivity index (χ0n) is 23.1. The molecule has 0 saturated carbocycles. The number of aliphatic hydroxyl groups excluding tert-OH is 1. The van der Waals surface area contributed by atoms with Gasteiger partial charge in [-0.25, -0.2) is 4.98 Å². The molecule has 5 rings (SSSR count). The van der Waals surface area contributed by atoms with Gasteiger partial charge in [-0.2, -0.15) is 0 Å². The number of aromatic nitrogens is 2. The Kier molecular flexibility index (Phi) is 8.09. The molecule has 3 aromatic rings. The van der Waals surface area contributed by atoms with Gasteiger partial charge < -0.3 is 28.8 Å². The predicted molar refractivity (Wildman–Crippen MR) is 149 cm³/mol. The van der Waals surface area contributed by atoms with E-state index in [1.165, 1.54) is 0 Å². The molecule has 1 N–H and O–H groups in total. The molecule has 0 bridgehead atoms. The van der Waals surface area contributed by atoms with E-state index in [4.69, 9.17) is 14.2 Å². The summed E-state index contributed by atoms with van der Waals surface area (Å²) >= 11 is 0. The zero-order chi connectivity index (χ0) is 28.2. The van der Waals surface area contributed by atoms with Crippen molar-refractivity contribution in [2.75, 3.05) is 19.8 Å². The molecule has 2 aliphatic rings. The number of benzene rings is 2. The van der Waals surface area contributed by atoms with E-state index in [1.807, 2.05) is 43.7 Å². The van der Waals surface area contributed by atoms with E-state index in [9.17, 15) is 14.7 Å². The summed E-state index contributed by atoms with van der Waals surface area (Å²) in [6.07, 6.45) is 7.46. The first-order valence-corrected chi connectivity index (χ1v) is 13.8. The Morgan fingerprint density at radius 3 is 2.70 bits per heavy atom. The van der Waals surface area contributed by atoms with Gasteiger partial charge in [0.05, 0.1) is 31.2 Å². The second kappa shape index (κ2) is 11.9. The van der Waals surface area contributed by atoms with Crippen LogP contribution in [0.3, 0.4) is 0 Å². The summed E-state index contributed by atoms with van der Waals surface area (Å²) in [5.74, 6) is 0.342. The van der Waals surface area contributed by atoms with E-state index in [-0.39, 0.29) is 17.4 Å². The fraction of sp³-hybridized carbons (Fsp3) is 0.387. The van der Waals surface area contributed by atoms with E-state index in [0.29, 0.717) is 61.8 Å². The maximum atomic E-state index is 13.5. The van der Waals surface area contributed by atoms with Gasteiger partial charge in [-0.3, -0.25) is 9.59 Å². The largest absolute Gasteiger partial charge is 0.507 e. The highest BCUT2D eigenvalue weighted by Gasteiger charge is 2.46. The van der Waals surface area contributed by atoms with Crippen molar-refractivity contribution < 1.29 is 28.9 Å². The Morgan fingerprint density at radius 2 is 1.95 bits per heavy atom. The lowest BCUT2D eigenvalue weighted by Crippen LogP contribution is -2.31. The van der Waals surface area contributed by atoms with Crippen molar-refractivity contribution in [3.8, 4) is 17.2 Å². The minimum atomic E-state index is -0.786. The summed E-state index contributed by atoms with van der Waals surface area (Å²) in [4.78, 5) is 32.5. The molecule has 0 radical (unpaired) electrons. The molecule has 2 aliphatic heterocycles. The molecule has 1 aromatic heterocycles. The summed E-state index contributed by atoms with van der Waals surface area (Å²) in [6.45, 7) is 7.80. The fourth-order valence-electron chi connectivity index (χ4n) is 5.32. The van der Waals surface area contributed by atoms with Crippen LogP contribution in [0.15, 0.2) is 60.7 Å². The lowest BCUT2D eigenvalue weighted by atomic mass is 9.94. The first kappa shape index (κ1) is 27.3. The van der Waals surface area contributed by atoms with Gasteiger partial charge in [0.2, 0.25) is 0 Å². The molecule has 2 atom stereocenters. The third-order valence-corrected chi connectivity index (χ3v) is 7.13. The molecule has 1 fully saturated rings. The SMILES string of the molecule is CCCOc1ccc(C2/C(=C(/O)c3ccc4c(c3)CC(C)O4)C(=O)C(=O)N2CCCn2ccnc2)cc1OCC. The summed E-state index contributed by atoms with van der Waals surface area (Å²) in [7, 11) is 0. The molecule has 0 aliphatic carbocycles. The van der Waals surface area contributed by atoms with E-state index < -0.39 is 17.7 Å². The lowest BCUT2D eigenvalue weighted by molar-refractivity contribution is -0.139. The number of aryl methyl sites for hydroxylation is 1. The average molecular weight is 546 g/mol. The lowest BCUT2D eigenvalue weighted by Gasteiger charge is -2.26. The van der Waals surface area contributed by atoms with E-state index in [2.05, 4.69) is 4.98 Å². The zero-order valence-corrected chi connectivity index (χ0v) is 23.1. The van der Waals surface area contributed by atoms with Crippen LogP contribution in [0, 0.1) is 0 Å². The number of ether oxygens (including phenoxy) is 3. The highest BCUT2D eigenvalue weighted by Crippen LogP contribution is 2.43. The number of nitrogens with zero attached hydrogens (tertiary/aromatic N) is 3. The minimum Gasteiger partial charge on any atom is -0.507 e. The maximum Gasteiger partial charge on any atom is 0.295 e. The molecule has 0 spiro atoms. The van der Waals surface area contributed by atoms with Crippen LogP contribution < -0.4 is 14.2 Å². The highest BCUT2D eigenvalue weighted by molar-refractivity contribution is 6.46. The van der Waals surface area contributed by atoms with Crippen molar-refractivity contribution in [1.29, 1.82) is 0 Å². The smallest absolute Gasteiger partial charge is 0.295 e. The Bertz CT molecular complexity index is 1410. The number of ketones is 1. The number of imidazole rings is 1. The fourth-order valence-corrected chi connectivity index (χ4v) is 5.32. The van der Waals surface area contributed by atoms with E-state index in [0.717, 1.165) is 17.7 Å². The van der Waals surface area contributed by atoms with Crippen LogP contribution in [0.1, 0.15) is 56.3 Å². The van der Waals surface area contributed by atoms with Crippen LogP contribution in [-0.2, 0) is 22.6 Å². The number of rotatable bonds is 11. The minimum absolute atomic E-state index is 0.0406. The Balaban J connectivity index is 1.56. The normalized spacial score (nSPS) is 19.5. The number of aliphatic hydroxyl groups is 1. The number of amides is 1. The van der Waals surface area contributed by atoms with Gasteiger partial charge in [-0.15, -0.1) is 0 Å². The number of Topliss-reactive ketones (excluding diaryl/α,β-unsaturated/α-hetero) is 1. The second-order valence-electron chi connectivity index (χ2n) is 10.1. The molecule has 2 aromatic carbocycles. The van der Waals surface area contributed by atoms with Crippen molar-refractivity contribution in [3.05, 3.63) is 77.4 Å². The van der Waals surface area contributed by atoms with Crippen LogP contribution in [-0.4, -0.2) is 57.1 Å². The predicted octanol–water partition coefficient (Wildman–Crippen LogP) is 4.91. The average Bonchev–Trinajstić information content (AvgIpc) is 3.66. The number of carbonyl (C=O) groups excluding carboxylic acids is 2. The molecule has 210 valence electrons. The summed E-state index contributed by atoms with van der Waals surface area (Å²) in [6, 6.07) is 10.0. The molecule has 1 amide bonds.